The molecule has 3 nitrogen and oxygen atoms in total. The van der Waals surface area contributed by atoms with Gasteiger partial charge in [0.1, 0.15) is 11.7 Å². The highest BCUT2D eigenvalue weighted by molar-refractivity contribution is 5.80. The quantitative estimate of drug-likeness (QED) is 0.882. The summed E-state index contributed by atoms with van der Waals surface area (Å²) in [6.07, 6.45) is 3.04. The molecule has 0 fully saturated rings. The lowest BCUT2D eigenvalue weighted by molar-refractivity contribution is -0.137. The third-order valence-electron chi connectivity index (χ3n) is 2.45. The number of carboxylic acids is 1. The second-order valence-corrected chi connectivity index (χ2v) is 3.61. The first-order chi connectivity index (χ1) is 8.18. The highest BCUT2D eigenvalue weighted by Crippen LogP contribution is 2.24. The first-order valence-electron chi connectivity index (χ1n) is 5.06. The van der Waals surface area contributed by atoms with E-state index in [0.29, 0.717) is 11.1 Å². The van der Waals surface area contributed by atoms with Crippen molar-refractivity contribution in [2.24, 2.45) is 0 Å². The smallest absolute Gasteiger partial charge is 0.315 e. The Balaban J connectivity index is 2.47. The highest BCUT2D eigenvalue weighted by Gasteiger charge is 2.22. The van der Waals surface area contributed by atoms with Crippen molar-refractivity contribution in [2.75, 3.05) is 0 Å². The SMILES string of the molecule is O=C(O)C(c1cccnc1)c1cccc(F)c1. The molecule has 0 saturated carbocycles. The van der Waals surface area contributed by atoms with Gasteiger partial charge in [-0.15, -0.1) is 0 Å². The summed E-state index contributed by atoms with van der Waals surface area (Å²) in [4.78, 5) is 15.1. The number of nitrogens with zero attached hydrogens (tertiary/aromatic N) is 1. The van der Waals surface area contributed by atoms with Gasteiger partial charge in [0.25, 0.3) is 0 Å². The van der Waals surface area contributed by atoms with Gasteiger partial charge in [0.05, 0.1) is 0 Å². The summed E-state index contributed by atoms with van der Waals surface area (Å²) < 4.78 is 13.1. The van der Waals surface area contributed by atoms with Gasteiger partial charge in [0, 0.05) is 12.4 Å². The standard InChI is InChI=1S/C13H10FNO2/c14-11-5-1-3-9(7-11)12(13(16)17)10-4-2-6-15-8-10/h1-8,12H,(H,16,17). The second-order valence-electron chi connectivity index (χ2n) is 3.61. The summed E-state index contributed by atoms with van der Waals surface area (Å²) in [6.45, 7) is 0. The number of halogens is 1. The van der Waals surface area contributed by atoms with Crippen molar-refractivity contribution in [1.29, 1.82) is 0 Å². The zero-order chi connectivity index (χ0) is 12.3. The molecule has 2 aromatic rings. The lowest BCUT2D eigenvalue weighted by Gasteiger charge is -2.12. The Morgan fingerprint density at radius 1 is 1.24 bits per heavy atom. The van der Waals surface area contributed by atoms with Crippen LogP contribution in [-0.4, -0.2) is 16.1 Å². The third kappa shape index (κ3) is 2.47. The van der Waals surface area contributed by atoms with Gasteiger partial charge in [-0.3, -0.25) is 9.78 Å². The first-order valence-corrected chi connectivity index (χ1v) is 5.06. The molecule has 0 aliphatic carbocycles. The Morgan fingerprint density at radius 3 is 2.59 bits per heavy atom. The molecule has 0 bridgehead atoms. The number of aliphatic carboxylic acids is 1. The van der Waals surface area contributed by atoms with Gasteiger partial charge in [-0.05, 0) is 29.3 Å². The van der Waals surface area contributed by atoms with Gasteiger partial charge in [-0.25, -0.2) is 4.39 Å². The Kier molecular flexibility index (Phi) is 3.14. The van der Waals surface area contributed by atoms with E-state index in [2.05, 4.69) is 4.98 Å². The summed E-state index contributed by atoms with van der Waals surface area (Å²) >= 11 is 0. The molecule has 1 heterocycles. The van der Waals surface area contributed by atoms with Gasteiger partial charge in [-0.2, -0.15) is 0 Å². The molecule has 0 amide bonds. The average molecular weight is 231 g/mol. The van der Waals surface area contributed by atoms with E-state index in [0.717, 1.165) is 0 Å². The number of hydrogen-bond acceptors (Lipinski definition) is 2. The maximum Gasteiger partial charge on any atom is 0.315 e. The maximum atomic E-state index is 13.1. The van der Waals surface area contributed by atoms with E-state index in [4.69, 9.17) is 0 Å². The number of benzene rings is 1. The van der Waals surface area contributed by atoms with Crippen molar-refractivity contribution in [1.82, 2.24) is 4.98 Å². The van der Waals surface area contributed by atoms with Crippen molar-refractivity contribution in [3.8, 4) is 0 Å². The third-order valence-corrected chi connectivity index (χ3v) is 2.45. The van der Waals surface area contributed by atoms with Crippen LogP contribution >= 0.6 is 0 Å². The van der Waals surface area contributed by atoms with E-state index >= 15 is 0 Å². The van der Waals surface area contributed by atoms with Gasteiger partial charge in [0.2, 0.25) is 0 Å². The van der Waals surface area contributed by atoms with Crippen LogP contribution in [0.15, 0.2) is 48.8 Å². The van der Waals surface area contributed by atoms with Crippen molar-refractivity contribution in [2.45, 2.75) is 5.92 Å². The molecule has 4 heteroatoms. The molecule has 0 spiro atoms. The number of carbonyl (C=O) groups is 1. The summed E-state index contributed by atoms with van der Waals surface area (Å²) in [6, 6.07) is 8.92. The average Bonchev–Trinajstić information content (AvgIpc) is 2.30. The molecule has 0 aliphatic heterocycles. The van der Waals surface area contributed by atoms with Crippen molar-refractivity contribution in [3.63, 3.8) is 0 Å². The predicted octanol–water partition coefficient (Wildman–Crippen LogP) is 2.44. The van der Waals surface area contributed by atoms with Gasteiger partial charge in [-0.1, -0.05) is 18.2 Å². The van der Waals surface area contributed by atoms with E-state index in [1.807, 2.05) is 0 Å². The predicted molar refractivity (Wildman–Crippen MR) is 60.1 cm³/mol. The van der Waals surface area contributed by atoms with Crippen LogP contribution in [0.3, 0.4) is 0 Å². The molecular weight excluding hydrogens is 221 g/mol. The molecule has 2 rings (SSSR count). The normalized spacial score (nSPS) is 12.1. The van der Waals surface area contributed by atoms with Crippen LogP contribution in [0.2, 0.25) is 0 Å². The first kappa shape index (κ1) is 11.3. The van der Waals surface area contributed by atoms with Crippen LogP contribution in [-0.2, 0) is 4.79 Å². The van der Waals surface area contributed by atoms with Gasteiger partial charge < -0.3 is 5.11 Å². The monoisotopic (exact) mass is 231 g/mol. The number of aromatic nitrogens is 1. The fourth-order valence-corrected chi connectivity index (χ4v) is 1.71. The van der Waals surface area contributed by atoms with E-state index in [1.54, 1.807) is 24.4 Å². The molecule has 0 saturated heterocycles. The number of pyridine rings is 1. The number of hydrogen-bond donors (Lipinski definition) is 1. The minimum Gasteiger partial charge on any atom is -0.481 e. The van der Waals surface area contributed by atoms with Crippen LogP contribution in [0, 0.1) is 5.82 Å². The summed E-state index contributed by atoms with van der Waals surface area (Å²) in [5, 5.41) is 9.22. The number of carboxylic acid groups (broad SMARTS) is 1. The maximum absolute atomic E-state index is 13.1. The molecule has 1 atom stereocenters. The molecule has 0 radical (unpaired) electrons. The lowest BCUT2D eigenvalue weighted by atomic mass is 9.92. The van der Waals surface area contributed by atoms with Crippen LogP contribution in [0.1, 0.15) is 17.0 Å². The lowest BCUT2D eigenvalue weighted by Crippen LogP contribution is -2.13. The van der Waals surface area contributed by atoms with Gasteiger partial charge >= 0.3 is 5.97 Å². The molecule has 1 N–H and O–H groups in total. The molecule has 17 heavy (non-hydrogen) atoms. The Hall–Kier alpha value is -2.23. The molecule has 0 aliphatic rings. The zero-order valence-electron chi connectivity index (χ0n) is 8.88. The molecule has 1 aromatic carbocycles. The fourth-order valence-electron chi connectivity index (χ4n) is 1.71. The van der Waals surface area contributed by atoms with Crippen LogP contribution < -0.4 is 0 Å². The minimum absolute atomic E-state index is 0.408. The molecule has 1 unspecified atom stereocenters. The fraction of sp³-hybridized carbons (Fsp3) is 0.0769. The molecular formula is C13H10FNO2. The largest absolute Gasteiger partial charge is 0.481 e. The van der Waals surface area contributed by atoms with Crippen molar-refractivity contribution < 1.29 is 14.3 Å². The van der Waals surface area contributed by atoms with E-state index in [9.17, 15) is 14.3 Å². The Morgan fingerprint density at radius 2 is 2.00 bits per heavy atom. The molecule has 86 valence electrons. The van der Waals surface area contributed by atoms with Crippen molar-refractivity contribution >= 4 is 5.97 Å². The minimum atomic E-state index is -1.02. The second kappa shape index (κ2) is 4.74. The zero-order valence-corrected chi connectivity index (χ0v) is 8.88. The Bertz CT molecular complexity index is 528. The molecule has 1 aromatic heterocycles. The van der Waals surface area contributed by atoms with Crippen LogP contribution in [0.25, 0.3) is 0 Å². The summed E-state index contributed by atoms with van der Waals surface area (Å²) in [5.41, 5.74) is 0.941. The van der Waals surface area contributed by atoms with E-state index < -0.39 is 17.7 Å². The summed E-state index contributed by atoms with van der Waals surface area (Å²) in [5.74, 6) is -2.36. The van der Waals surface area contributed by atoms with Crippen LogP contribution in [0.4, 0.5) is 4.39 Å². The van der Waals surface area contributed by atoms with Crippen molar-refractivity contribution in [3.05, 3.63) is 65.7 Å². The topological polar surface area (TPSA) is 50.2 Å². The summed E-state index contributed by atoms with van der Waals surface area (Å²) in [7, 11) is 0. The van der Waals surface area contributed by atoms with Crippen LogP contribution in [0.5, 0.6) is 0 Å². The Labute approximate surface area is 97.6 Å². The van der Waals surface area contributed by atoms with E-state index in [1.165, 1.54) is 24.4 Å². The highest BCUT2D eigenvalue weighted by atomic mass is 19.1. The van der Waals surface area contributed by atoms with Gasteiger partial charge in [0.15, 0.2) is 0 Å². The number of rotatable bonds is 3. The van der Waals surface area contributed by atoms with E-state index in [-0.39, 0.29) is 0 Å².